The molecule has 1 aliphatic heterocycles. The van der Waals surface area contributed by atoms with Crippen LogP contribution in [0.4, 0.5) is 13.2 Å². The lowest BCUT2D eigenvalue weighted by Gasteiger charge is -2.32. The zero-order valence-electron chi connectivity index (χ0n) is 12.3. The Morgan fingerprint density at radius 3 is 2.73 bits per heavy atom. The van der Waals surface area contributed by atoms with Gasteiger partial charge >= 0.3 is 6.18 Å². The third-order valence-corrected chi connectivity index (χ3v) is 3.61. The summed E-state index contributed by atoms with van der Waals surface area (Å²) in [5.74, 6) is -0.677. The molecule has 122 valence electrons. The van der Waals surface area contributed by atoms with Crippen molar-refractivity contribution in [3.05, 3.63) is 29.8 Å². The van der Waals surface area contributed by atoms with Crippen molar-refractivity contribution in [2.45, 2.75) is 38.1 Å². The van der Waals surface area contributed by atoms with Gasteiger partial charge in [0, 0.05) is 19.1 Å². The molecule has 1 amide bonds. The standard InChI is InChI=1S/C15H19F3N2O2/c1-10(14(21)20-8-4-5-11(19)9-20)22-13-7-3-2-6-12(13)15(16,17)18/h2-3,6-7,10-11H,4-5,8-9,19H2,1H3/t10-,11+/m1/s1. The monoisotopic (exact) mass is 316 g/mol. The van der Waals surface area contributed by atoms with Gasteiger partial charge in [-0.2, -0.15) is 13.2 Å². The lowest BCUT2D eigenvalue weighted by Crippen LogP contribution is -2.49. The molecule has 1 heterocycles. The van der Waals surface area contributed by atoms with E-state index in [9.17, 15) is 18.0 Å². The number of rotatable bonds is 3. The van der Waals surface area contributed by atoms with Crippen molar-refractivity contribution in [1.29, 1.82) is 0 Å². The number of ether oxygens (including phenoxy) is 1. The van der Waals surface area contributed by atoms with Gasteiger partial charge in [0.25, 0.3) is 5.91 Å². The molecule has 2 rings (SSSR count). The van der Waals surface area contributed by atoms with E-state index in [2.05, 4.69) is 0 Å². The van der Waals surface area contributed by atoms with Crippen molar-refractivity contribution in [3.8, 4) is 5.75 Å². The van der Waals surface area contributed by atoms with Gasteiger partial charge in [0.1, 0.15) is 5.75 Å². The van der Waals surface area contributed by atoms with Crippen LogP contribution in [0.15, 0.2) is 24.3 Å². The maximum Gasteiger partial charge on any atom is 0.419 e. The second kappa shape index (κ2) is 6.56. The molecule has 22 heavy (non-hydrogen) atoms. The molecule has 0 bridgehead atoms. The van der Waals surface area contributed by atoms with Crippen molar-refractivity contribution in [1.82, 2.24) is 4.90 Å². The number of piperidine rings is 1. The summed E-state index contributed by atoms with van der Waals surface area (Å²) in [7, 11) is 0. The smallest absolute Gasteiger partial charge is 0.419 e. The average Bonchev–Trinajstić information content (AvgIpc) is 2.46. The Balaban J connectivity index is 2.09. The van der Waals surface area contributed by atoms with E-state index in [0.29, 0.717) is 13.1 Å². The lowest BCUT2D eigenvalue weighted by atomic mass is 10.1. The summed E-state index contributed by atoms with van der Waals surface area (Å²) in [4.78, 5) is 13.8. The fourth-order valence-electron chi connectivity index (χ4n) is 2.51. The highest BCUT2D eigenvalue weighted by molar-refractivity contribution is 5.81. The minimum atomic E-state index is -4.52. The van der Waals surface area contributed by atoms with Crippen LogP contribution >= 0.6 is 0 Å². The van der Waals surface area contributed by atoms with Crippen LogP contribution in [-0.4, -0.2) is 36.0 Å². The predicted octanol–water partition coefficient (Wildman–Crippen LogP) is 2.42. The van der Waals surface area contributed by atoms with Gasteiger partial charge in [0.2, 0.25) is 0 Å². The summed E-state index contributed by atoms with van der Waals surface area (Å²) in [6, 6.07) is 4.79. The zero-order chi connectivity index (χ0) is 16.3. The van der Waals surface area contributed by atoms with E-state index < -0.39 is 17.8 Å². The second-order valence-corrected chi connectivity index (χ2v) is 5.44. The van der Waals surface area contributed by atoms with Gasteiger partial charge in [-0.15, -0.1) is 0 Å². The summed E-state index contributed by atoms with van der Waals surface area (Å²) in [6.45, 7) is 2.42. The number of nitrogens with two attached hydrogens (primary N) is 1. The first-order valence-electron chi connectivity index (χ1n) is 7.16. The van der Waals surface area contributed by atoms with E-state index >= 15 is 0 Å². The maximum absolute atomic E-state index is 12.9. The van der Waals surface area contributed by atoms with Gasteiger partial charge in [0.15, 0.2) is 6.10 Å². The largest absolute Gasteiger partial charge is 0.480 e. The first-order chi connectivity index (χ1) is 10.3. The van der Waals surface area contributed by atoms with E-state index in [4.69, 9.17) is 10.5 Å². The summed E-state index contributed by atoms with van der Waals surface area (Å²) >= 11 is 0. The molecule has 0 aromatic heterocycles. The number of hydrogen-bond acceptors (Lipinski definition) is 3. The zero-order valence-corrected chi connectivity index (χ0v) is 12.3. The highest BCUT2D eigenvalue weighted by atomic mass is 19.4. The Kier molecular flexibility index (Phi) is 4.95. The number of nitrogens with zero attached hydrogens (tertiary/aromatic N) is 1. The molecule has 4 nitrogen and oxygen atoms in total. The van der Waals surface area contributed by atoms with Crippen molar-refractivity contribution in [3.63, 3.8) is 0 Å². The van der Waals surface area contributed by atoms with Gasteiger partial charge in [-0.1, -0.05) is 12.1 Å². The molecule has 0 unspecified atom stereocenters. The third-order valence-electron chi connectivity index (χ3n) is 3.61. The molecular formula is C15H19F3N2O2. The molecule has 0 spiro atoms. The Labute approximate surface area is 127 Å². The minimum absolute atomic E-state index is 0.0904. The molecule has 1 aliphatic rings. The maximum atomic E-state index is 12.9. The Morgan fingerprint density at radius 1 is 1.41 bits per heavy atom. The molecular weight excluding hydrogens is 297 g/mol. The molecule has 1 fully saturated rings. The van der Waals surface area contributed by atoms with Crippen LogP contribution < -0.4 is 10.5 Å². The van der Waals surface area contributed by atoms with Crippen molar-refractivity contribution in [2.24, 2.45) is 5.73 Å². The van der Waals surface area contributed by atoms with Gasteiger partial charge in [0.05, 0.1) is 5.56 Å². The van der Waals surface area contributed by atoms with Crippen molar-refractivity contribution >= 4 is 5.91 Å². The van der Waals surface area contributed by atoms with Crippen LogP contribution in [0.25, 0.3) is 0 Å². The molecule has 1 aromatic rings. The summed E-state index contributed by atoms with van der Waals surface area (Å²) < 4.78 is 44.0. The number of carbonyl (C=O) groups is 1. The van der Waals surface area contributed by atoms with Gasteiger partial charge in [-0.3, -0.25) is 4.79 Å². The van der Waals surface area contributed by atoms with Crippen molar-refractivity contribution in [2.75, 3.05) is 13.1 Å². The van der Waals surface area contributed by atoms with Crippen LogP contribution in [0.1, 0.15) is 25.3 Å². The van der Waals surface area contributed by atoms with Crippen LogP contribution in [0.5, 0.6) is 5.75 Å². The number of benzene rings is 1. The normalized spacial score (nSPS) is 20.6. The van der Waals surface area contributed by atoms with Gasteiger partial charge < -0.3 is 15.4 Å². The summed E-state index contributed by atoms with van der Waals surface area (Å²) in [5.41, 5.74) is 4.93. The minimum Gasteiger partial charge on any atom is -0.480 e. The van der Waals surface area contributed by atoms with E-state index in [1.807, 2.05) is 0 Å². The lowest BCUT2D eigenvalue weighted by molar-refractivity contribution is -0.144. The quantitative estimate of drug-likeness (QED) is 0.932. The number of hydrogen-bond donors (Lipinski definition) is 1. The molecule has 0 radical (unpaired) electrons. The molecule has 0 aliphatic carbocycles. The van der Waals surface area contributed by atoms with Crippen LogP contribution in [0.2, 0.25) is 0 Å². The number of alkyl halides is 3. The predicted molar refractivity (Wildman–Crippen MR) is 75.3 cm³/mol. The number of likely N-dealkylation sites (tertiary alicyclic amines) is 1. The topological polar surface area (TPSA) is 55.6 Å². The highest BCUT2D eigenvalue weighted by Gasteiger charge is 2.35. The van der Waals surface area contributed by atoms with Gasteiger partial charge in [-0.25, -0.2) is 0 Å². The fourth-order valence-corrected chi connectivity index (χ4v) is 2.51. The molecule has 2 atom stereocenters. The molecule has 1 aromatic carbocycles. The SMILES string of the molecule is C[C@@H](Oc1ccccc1C(F)(F)F)C(=O)N1CCC[C@H](N)C1. The first-order valence-corrected chi connectivity index (χ1v) is 7.16. The number of amides is 1. The number of halogens is 3. The average molecular weight is 316 g/mol. The third kappa shape index (κ3) is 3.91. The molecule has 1 saturated heterocycles. The summed E-state index contributed by atoms with van der Waals surface area (Å²) in [5, 5.41) is 0. The van der Waals surface area contributed by atoms with E-state index in [1.54, 1.807) is 4.90 Å². The molecule has 2 N–H and O–H groups in total. The van der Waals surface area contributed by atoms with E-state index in [1.165, 1.54) is 25.1 Å². The Morgan fingerprint density at radius 2 is 2.09 bits per heavy atom. The van der Waals surface area contributed by atoms with E-state index in [0.717, 1.165) is 18.9 Å². The number of carbonyl (C=O) groups excluding carboxylic acids is 1. The van der Waals surface area contributed by atoms with Crippen LogP contribution in [0.3, 0.4) is 0 Å². The Hall–Kier alpha value is -1.76. The van der Waals surface area contributed by atoms with Crippen LogP contribution in [0, 0.1) is 0 Å². The molecule has 0 saturated carbocycles. The fraction of sp³-hybridized carbons (Fsp3) is 0.533. The Bertz CT molecular complexity index is 534. The number of para-hydroxylation sites is 1. The first kappa shape index (κ1) is 16.6. The summed E-state index contributed by atoms with van der Waals surface area (Å²) in [6.07, 6.45) is -3.88. The highest BCUT2D eigenvalue weighted by Crippen LogP contribution is 2.36. The molecule has 7 heteroatoms. The second-order valence-electron chi connectivity index (χ2n) is 5.44. The van der Waals surface area contributed by atoms with Gasteiger partial charge in [-0.05, 0) is 31.9 Å². The van der Waals surface area contributed by atoms with E-state index in [-0.39, 0.29) is 17.7 Å². The van der Waals surface area contributed by atoms with Crippen molar-refractivity contribution < 1.29 is 22.7 Å². The van der Waals surface area contributed by atoms with Crippen LogP contribution in [-0.2, 0) is 11.0 Å².